The Morgan fingerprint density at radius 1 is 1.41 bits per heavy atom. The second-order valence-electron chi connectivity index (χ2n) is 3.83. The summed E-state index contributed by atoms with van der Waals surface area (Å²) in [5, 5.41) is -1.57. The number of halogens is 2. The third-order valence-electron chi connectivity index (χ3n) is 2.58. The SMILES string of the molecule is COc1ccc(C(Cl)C(C)S(C)(=O)=O)cc1F. The van der Waals surface area contributed by atoms with Crippen molar-refractivity contribution >= 4 is 21.4 Å². The summed E-state index contributed by atoms with van der Waals surface area (Å²) < 4.78 is 40.9. The third-order valence-corrected chi connectivity index (χ3v) is 4.98. The van der Waals surface area contributed by atoms with E-state index < -0.39 is 26.3 Å². The van der Waals surface area contributed by atoms with Gasteiger partial charge in [0.15, 0.2) is 21.4 Å². The molecule has 17 heavy (non-hydrogen) atoms. The summed E-state index contributed by atoms with van der Waals surface area (Å²) in [6.45, 7) is 1.50. The fraction of sp³-hybridized carbons (Fsp3) is 0.455. The average Bonchev–Trinajstić information content (AvgIpc) is 2.25. The Balaban J connectivity index is 3.05. The Morgan fingerprint density at radius 3 is 2.41 bits per heavy atom. The van der Waals surface area contributed by atoms with E-state index in [9.17, 15) is 12.8 Å². The molecule has 1 aromatic carbocycles. The van der Waals surface area contributed by atoms with Crippen LogP contribution < -0.4 is 4.74 Å². The number of hydrogen-bond donors (Lipinski definition) is 0. The zero-order valence-electron chi connectivity index (χ0n) is 9.78. The summed E-state index contributed by atoms with van der Waals surface area (Å²) in [7, 11) is -1.91. The van der Waals surface area contributed by atoms with E-state index in [-0.39, 0.29) is 5.75 Å². The summed E-state index contributed by atoms with van der Waals surface area (Å²) >= 11 is 6.02. The van der Waals surface area contributed by atoms with Crippen LogP contribution in [0.2, 0.25) is 0 Å². The number of ether oxygens (including phenoxy) is 1. The lowest BCUT2D eigenvalue weighted by Gasteiger charge is -2.17. The molecule has 96 valence electrons. The fourth-order valence-corrected chi connectivity index (χ4v) is 2.63. The highest BCUT2D eigenvalue weighted by Crippen LogP contribution is 2.30. The molecular weight excluding hydrogens is 267 g/mol. The molecule has 0 aliphatic rings. The largest absolute Gasteiger partial charge is 0.494 e. The van der Waals surface area contributed by atoms with E-state index in [2.05, 4.69) is 0 Å². The van der Waals surface area contributed by atoms with E-state index >= 15 is 0 Å². The summed E-state index contributed by atoms with van der Waals surface area (Å²) in [4.78, 5) is 0. The molecule has 3 nitrogen and oxygen atoms in total. The number of hydrogen-bond acceptors (Lipinski definition) is 3. The summed E-state index contributed by atoms with van der Waals surface area (Å²) in [6.07, 6.45) is 1.10. The van der Waals surface area contributed by atoms with Crippen molar-refractivity contribution in [2.45, 2.75) is 17.6 Å². The van der Waals surface area contributed by atoms with Crippen LogP contribution in [0.3, 0.4) is 0 Å². The van der Waals surface area contributed by atoms with Crippen LogP contribution in [-0.2, 0) is 9.84 Å². The lowest BCUT2D eigenvalue weighted by Crippen LogP contribution is -2.21. The third kappa shape index (κ3) is 3.33. The molecule has 0 saturated carbocycles. The van der Waals surface area contributed by atoms with Gasteiger partial charge in [0.2, 0.25) is 0 Å². The minimum absolute atomic E-state index is 0.102. The predicted octanol–water partition coefficient (Wildman–Crippen LogP) is 2.55. The number of benzene rings is 1. The highest BCUT2D eigenvalue weighted by Gasteiger charge is 2.26. The molecule has 0 aliphatic carbocycles. The molecule has 0 amide bonds. The van der Waals surface area contributed by atoms with Gasteiger partial charge in [-0.3, -0.25) is 0 Å². The first-order valence-electron chi connectivity index (χ1n) is 4.93. The van der Waals surface area contributed by atoms with Gasteiger partial charge >= 0.3 is 0 Å². The first kappa shape index (κ1) is 14.3. The normalized spacial score (nSPS) is 15.4. The minimum Gasteiger partial charge on any atom is -0.494 e. The Kier molecular flexibility index (Phi) is 4.38. The molecule has 0 saturated heterocycles. The van der Waals surface area contributed by atoms with E-state index in [1.807, 2.05) is 0 Å². The lowest BCUT2D eigenvalue weighted by atomic mass is 10.1. The van der Waals surface area contributed by atoms with Crippen LogP contribution in [0.15, 0.2) is 18.2 Å². The zero-order chi connectivity index (χ0) is 13.2. The molecule has 2 unspecified atom stereocenters. The van der Waals surface area contributed by atoms with Gasteiger partial charge in [0.1, 0.15) is 0 Å². The number of alkyl halides is 1. The molecule has 0 radical (unpaired) electrons. The highest BCUT2D eigenvalue weighted by molar-refractivity contribution is 7.91. The van der Waals surface area contributed by atoms with Gasteiger partial charge in [0.25, 0.3) is 0 Å². The van der Waals surface area contributed by atoms with Crippen molar-refractivity contribution in [3.05, 3.63) is 29.6 Å². The molecule has 0 fully saturated rings. The quantitative estimate of drug-likeness (QED) is 0.796. The van der Waals surface area contributed by atoms with E-state index in [4.69, 9.17) is 16.3 Å². The molecule has 0 aliphatic heterocycles. The molecule has 0 N–H and O–H groups in total. The van der Waals surface area contributed by atoms with Crippen molar-refractivity contribution in [1.29, 1.82) is 0 Å². The summed E-state index contributed by atoms with van der Waals surface area (Å²) in [5.41, 5.74) is 0.419. The van der Waals surface area contributed by atoms with Gasteiger partial charge in [0.05, 0.1) is 17.7 Å². The fourth-order valence-electron chi connectivity index (χ4n) is 1.34. The van der Waals surface area contributed by atoms with Crippen molar-refractivity contribution in [3.63, 3.8) is 0 Å². The number of methoxy groups -OCH3 is 1. The van der Waals surface area contributed by atoms with Gasteiger partial charge in [-0.05, 0) is 24.6 Å². The molecule has 6 heteroatoms. The van der Waals surface area contributed by atoms with Gasteiger partial charge in [-0.1, -0.05) is 6.07 Å². The lowest BCUT2D eigenvalue weighted by molar-refractivity contribution is 0.386. The maximum Gasteiger partial charge on any atom is 0.165 e. The summed E-state index contributed by atoms with van der Waals surface area (Å²) in [6, 6.07) is 4.18. The second-order valence-corrected chi connectivity index (χ2v) is 6.70. The Morgan fingerprint density at radius 2 is 2.00 bits per heavy atom. The van der Waals surface area contributed by atoms with E-state index in [1.54, 1.807) is 6.07 Å². The maximum absolute atomic E-state index is 13.4. The Bertz CT molecular complexity index is 501. The van der Waals surface area contributed by atoms with Crippen molar-refractivity contribution < 1.29 is 17.5 Å². The smallest absolute Gasteiger partial charge is 0.165 e. The Hall–Kier alpha value is -0.810. The minimum atomic E-state index is -3.26. The van der Waals surface area contributed by atoms with Crippen LogP contribution in [0.25, 0.3) is 0 Å². The standard InChI is InChI=1S/C11H14ClFO3S/c1-7(17(3,14)15)11(12)8-4-5-10(16-2)9(13)6-8/h4-7,11H,1-3H3. The van der Waals surface area contributed by atoms with Gasteiger partial charge in [-0.15, -0.1) is 11.6 Å². The zero-order valence-corrected chi connectivity index (χ0v) is 11.3. The van der Waals surface area contributed by atoms with Crippen LogP contribution in [0.1, 0.15) is 17.9 Å². The van der Waals surface area contributed by atoms with Crippen molar-refractivity contribution in [2.75, 3.05) is 13.4 Å². The van der Waals surface area contributed by atoms with Gasteiger partial charge in [-0.25, -0.2) is 12.8 Å². The topological polar surface area (TPSA) is 43.4 Å². The monoisotopic (exact) mass is 280 g/mol. The molecule has 0 aromatic heterocycles. The number of sulfone groups is 1. The second kappa shape index (κ2) is 5.23. The van der Waals surface area contributed by atoms with Gasteiger partial charge in [0, 0.05) is 6.26 Å². The molecular formula is C11H14ClFO3S. The van der Waals surface area contributed by atoms with Crippen molar-refractivity contribution in [1.82, 2.24) is 0 Å². The first-order valence-corrected chi connectivity index (χ1v) is 7.33. The summed E-state index contributed by atoms with van der Waals surface area (Å²) in [5.74, 6) is -0.457. The molecule has 0 bridgehead atoms. The first-order chi connectivity index (χ1) is 7.77. The molecule has 1 aromatic rings. The van der Waals surface area contributed by atoms with Crippen LogP contribution in [0.5, 0.6) is 5.75 Å². The highest BCUT2D eigenvalue weighted by atomic mass is 35.5. The van der Waals surface area contributed by atoms with Crippen LogP contribution in [-0.4, -0.2) is 27.0 Å². The molecule has 2 atom stereocenters. The van der Waals surface area contributed by atoms with E-state index in [0.29, 0.717) is 5.56 Å². The van der Waals surface area contributed by atoms with Crippen molar-refractivity contribution in [3.8, 4) is 5.75 Å². The van der Waals surface area contributed by atoms with Gasteiger partial charge in [-0.2, -0.15) is 0 Å². The molecule has 1 rings (SSSR count). The van der Waals surface area contributed by atoms with E-state index in [1.165, 1.54) is 26.2 Å². The predicted molar refractivity (Wildman–Crippen MR) is 65.9 cm³/mol. The van der Waals surface area contributed by atoms with E-state index in [0.717, 1.165) is 6.26 Å². The van der Waals surface area contributed by atoms with Crippen LogP contribution in [0, 0.1) is 5.82 Å². The number of rotatable bonds is 4. The maximum atomic E-state index is 13.4. The molecule has 0 heterocycles. The van der Waals surface area contributed by atoms with Crippen LogP contribution in [0.4, 0.5) is 4.39 Å². The van der Waals surface area contributed by atoms with Crippen molar-refractivity contribution in [2.24, 2.45) is 0 Å². The molecule has 0 spiro atoms. The Labute approximate surface area is 105 Å². The van der Waals surface area contributed by atoms with Gasteiger partial charge < -0.3 is 4.74 Å². The van der Waals surface area contributed by atoms with Crippen LogP contribution >= 0.6 is 11.6 Å². The average molecular weight is 281 g/mol.